The van der Waals surface area contributed by atoms with E-state index in [0.29, 0.717) is 10.6 Å². The number of H-pyrrole nitrogens is 1. The molecule has 1 aromatic heterocycles. The highest BCUT2D eigenvalue weighted by Crippen LogP contribution is 2.37. The van der Waals surface area contributed by atoms with Crippen LogP contribution in [-0.2, 0) is 17.8 Å². The first-order valence-electron chi connectivity index (χ1n) is 9.82. The summed E-state index contributed by atoms with van der Waals surface area (Å²) in [7, 11) is 0. The van der Waals surface area contributed by atoms with Crippen LogP contribution in [0.4, 0.5) is 5.69 Å². The third-order valence-electron chi connectivity index (χ3n) is 5.45. The first-order valence-corrected chi connectivity index (χ1v) is 10.2. The van der Waals surface area contributed by atoms with Crippen LogP contribution >= 0.6 is 12.2 Å². The van der Waals surface area contributed by atoms with Crippen LogP contribution in [0, 0.1) is 11.7 Å². The molecule has 1 aliphatic rings. The number of nitrogens with zero attached hydrogens (tertiary/aromatic N) is 2. The van der Waals surface area contributed by atoms with E-state index in [1.807, 2.05) is 37.3 Å². The summed E-state index contributed by atoms with van der Waals surface area (Å²) in [6.07, 6.45) is 0.888. The summed E-state index contributed by atoms with van der Waals surface area (Å²) in [5.74, 6) is 0.510. The summed E-state index contributed by atoms with van der Waals surface area (Å²) in [5, 5.41) is 10.1. The minimum atomic E-state index is -0.142. The summed E-state index contributed by atoms with van der Waals surface area (Å²) in [6.45, 7) is 2.12. The molecule has 0 unspecified atom stereocenters. The van der Waals surface area contributed by atoms with Gasteiger partial charge in [0.25, 0.3) is 0 Å². The number of aromatic nitrogens is 3. The Morgan fingerprint density at radius 1 is 1.07 bits per heavy atom. The summed E-state index contributed by atoms with van der Waals surface area (Å²) < 4.78 is 2.14. The predicted octanol–water partition coefficient (Wildman–Crippen LogP) is 5.13. The monoisotopic (exact) mass is 412 g/mol. The first kappa shape index (κ1) is 18.5. The van der Waals surface area contributed by atoms with E-state index < -0.39 is 0 Å². The second-order valence-corrected chi connectivity index (χ2v) is 7.95. The van der Waals surface area contributed by atoms with Crippen molar-refractivity contribution in [2.24, 2.45) is 0 Å². The quantitative estimate of drug-likeness (QED) is 0.403. The maximum absolute atomic E-state index is 12.8. The highest BCUT2D eigenvalue weighted by molar-refractivity contribution is 7.71. The molecule has 5 nitrogen and oxygen atoms in total. The van der Waals surface area contributed by atoms with Gasteiger partial charge >= 0.3 is 0 Å². The van der Waals surface area contributed by atoms with E-state index in [4.69, 9.17) is 12.2 Å². The largest absolute Gasteiger partial charge is 0.325 e. The van der Waals surface area contributed by atoms with Crippen LogP contribution in [0.15, 0.2) is 66.7 Å². The molecule has 1 aliphatic carbocycles. The lowest BCUT2D eigenvalue weighted by atomic mass is 10.1. The van der Waals surface area contributed by atoms with Crippen molar-refractivity contribution in [1.29, 1.82) is 0 Å². The van der Waals surface area contributed by atoms with Crippen LogP contribution in [0.25, 0.3) is 22.5 Å². The smallest absolute Gasteiger partial charge is 0.244 e. The van der Waals surface area contributed by atoms with Crippen molar-refractivity contribution >= 4 is 23.8 Å². The molecule has 30 heavy (non-hydrogen) atoms. The van der Waals surface area contributed by atoms with Crippen molar-refractivity contribution in [3.63, 3.8) is 0 Å². The number of amides is 1. The van der Waals surface area contributed by atoms with Gasteiger partial charge in [-0.1, -0.05) is 60.2 Å². The Kier molecular flexibility index (Phi) is 4.56. The normalized spacial score (nSPS) is 11.8. The van der Waals surface area contributed by atoms with Gasteiger partial charge in [0.05, 0.1) is 0 Å². The summed E-state index contributed by atoms with van der Waals surface area (Å²) in [4.78, 5) is 12.8. The van der Waals surface area contributed by atoms with Crippen molar-refractivity contribution in [3.8, 4) is 22.5 Å². The van der Waals surface area contributed by atoms with Crippen LogP contribution in [0.1, 0.15) is 16.7 Å². The molecule has 6 heteroatoms. The first-order chi connectivity index (χ1) is 14.6. The molecule has 0 aliphatic heterocycles. The molecule has 4 aromatic rings. The van der Waals surface area contributed by atoms with Crippen molar-refractivity contribution in [2.75, 3.05) is 5.32 Å². The maximum Gasteiger partial charge on any atom is 0.244 e. The third kappa shape index (κ3) is 3.35. The fourth-order valence-corrected chi connectivity index (χ4v) is 4.15. The minimum Gasteiger partial charge on any atom is -0.325 e. The maximum atomic E-state index is 12.8. The third-order valence-corrected chi connectivity index (χ3v) is 5.76. The van der Waals surface area contributed by atoms with Gasteiger partial charge in [-0.25, -0.2) is 0 Å². The second kappa shape index (κ2) is 7.39. The second-order valence-electron chi connectivity index (χ2n) is 7.56. The molecule has 3 aromatic carbocycles. The molecule has 5 rings (SSSR count). The molecule has 148 valence electrons. The van der Waals surface area contributed by atoms with Crippen LogP contribution in [0.5, 0.6) is 0 Å². The molecule has 0 saturated heterocycles. The van der Waals surface area contributed by atoms with E-state index >= 15 is 0 Å². The highest BCUT2D eigenvalue weighted by atomic mass is 32.1. The Bertz CT molecular complexity index is 1320. The van der Waals surface area contributed by atoms with E-state index in [2.05, 4.69) is 51.9 Å². The molecular formula is C24H20N4OS. The lowest BCUT2D eigenvalue weighted by Gasteiger charge is -2.10. The molecule has 2 N–H and O–H groups in total. The van der Waals surface area contributed by atoms with Gasteiger partial charge in [0.15, 0.2) is 10.6 Å². The topological polar surface area (TPSA) is 62.7 Å². The molecule has 1 heterocycles. The zero-order chi connectivity index (χ0) is 20.7. The standard InChI is InChI=1S/C24H20N4OS/c1-15-6-8-16(9-7-15)23-26-27-24(30)28(23)14-22(29)25-19-10-11-21-18(13-19)12-17-4-2-3-5-20(17)21/h2-11,13H,12,14H2,1H3,(H,25,29)(H,27,30). The Labute approximate surface area is 179 Å². The highest BCUT2D eigenvalue weighted by Gasteiger charge is 2.18. The molecule has 0 spiro atoms. The van der Waals surface area contributed by atoms with Crippen molar-refractivity contribution in [2.45, 2.75) is 19.9 Å². The Morgan fingerprint density at radius 3 is 2.67 bits per heavy atom. The fourth-order valence-electron chi connectivity index (χ4n) is 3.95. The number of rotatable bonds is 4. The van der Waals surface area contributed by atoms with Gasteiger partial charge in [0, 0.05) is 11.3 Å². The minimum absolute atomic E-state index is 0.0931. The van der Waals surface area contributed by atoms with Crippen molar-refractivity contribution in [3.05, 3.63) is 88.2 Å². The molecular weight excluding hydrogens is 392 g/mol. The lowest BCUT2D eigenvalue weighted by Crippen LogP contribution is -2.19. The molecule has 1 amide bonds. The average molecular weight is 413 g/mol. The molecule has 0 fully saturated rings. The fraction of sp³-hybridized carbons (Fsp3) is 0.125. The Hall–Kier alpha value is -3.51. The van der Waals surface area contributed by atoms with E-state index in [9.17, 15) is 4.79 Å². The van der Waals surface area contributed by atoms with Crippen LogP contribution in [0.3, 0.4) is 0 Å². The van der Waals surface area contributed by atoms with E-state index in [1.165, 1.54) is 22.3 Å². The number of anilines is 1. The zero-order valence-electron chi connectivity index (χ0n) is 16.5. The number of fused-ring (bicyclic) bond motifs is 3. The van der Waals surface area contributed by atoms with Crippen LogP contribution in [0.2, 0.25) is 0 Å². The van der Waals surface area contributed by atoms with Gasteiger partial charge in [0.1, 0.15) is 6.54 Å². The Balaban J connectivity index is 1.36. The van der Waals surface area contributed by atoms with E-state index in [1.54, 1.807) is 4.57 Å². The van der Waals surface area contributed by atoms with Gasteiger partial charge in [-0.15, -0.1) is 0 Å². The summed E-state index contributed by atoms with van der Waals surface area (Å²) in [6, 6.07) is 22.5. The van der Waals surface area contributed by atoms with E-state index in [0.717, 1.165) is 23.2 Å². The average Bonchev–Trinajstić information content (AvgIpc) is 3.29. The van der Waals surface area contributed by atoms with Crippen molar-refractivity contribution in [1.82, 2.24) is 14.8 Å². The van der Waals surface area contributed by atoms with Crippen LogP contribution < -0.4 is 5.32 Å². The molecule has 0 bridgehead atoms. The number of aryl methyl sites for hydroxylation is 1. The number of hydrogen-bond acceptors (Lipinski definition) is 3. The van der Waals surface area contributed by atoms with Crippen LogP contribution in [-0.4, -0.2) is 20.7 Å². The van der Waals surface area contributed by atoms with Gasteiger partial charge in [-0.05, 0) is 59.9 Å². The molecule has 0 radical (unpaired) electrons. The zero-order valence-corrected chi connectivity index (χ0v) is 17.3. The predicted molar refractivity (Wildman–Crippen MR) is 121 cm³/mol. The van der Waals surface area contributed by atoms with Gasteiger partial charge < -0.3 is 5.32 Å². The lowest BCUT2D eigenvalue weighted by molar-refractivity contribution is -0.116. The number of nitrogens with one attached hydrogen (secondary N) is 2. The van der Waals surface area contributed by atoms with Gasteiger partial charge in [-0.2, -0.15) is 5.10 Å². The number of hydrogen-bond donors (Lipinski definition) is 2. The summed E-state index contributed by atoms with van der Waals surface area (Å²) in [5.41, 5.74) is 7.93. The van der Waals surface area contributed by atoms with Gasteiger partial charge in [0.2, 0.25) is 5.91 Å². The number of aromatic amines is 1. The number of benzene rings is 3. The molecule has 0 atom stereocenters. The Morgan fingerprint density at radius 2 is 1.83 bits per heavy atom. The summed E-state index contributed by atoms with van der Waals surface area (Å²) >= 11 is 5.35. The number of carbonyl (C=O) groups is 1. The van der Waals surface area contributed by atoms with Gasteiger partial charge in [-0.3, -0.25) is 14.5 Å². The number of carbonyl (C=O) groups excluding carboxylic acids is 1. The van der Waals surface area contributed by atoms with Crippen molar-refractivity contribution < 1.29 is 4.79 Å². The SMILES string of the molecule is Cc1ccc(-c2n[nH]c(=S)n2CC(=O)Nc2ccc3c(c2)Cc2ccccc2-3)cc1. The molecule has 0 saturated carbocycles. The van der Waals surface area contributed by atoms with E-state index in [-0.39, 0.29) is 12.5 Å².